The van der Waals surface area contributed by atoms with Crippen LogP contribution in [0.1, 0.15) is 13.8 Å². The number of carboxylic acids is 1. The van der Waals surface area contributed by atoms with E-state index >= 15 is 0 Å². The van der Waals surface area contributed by atoms with Crippen molar-refractivity contribution in [2.24, 2.45) is 5.92 Å². The van der Waals surface area contributed by atoms with Gasteiger partial charge in [0.15, 0.2) is 18.2 Å². The monoisotopic (exact) mass is 505 g/mol. The van der Waals surface area contributed by atoms with E-state index in [2.05, 4.69) is 39.0 Å². The lowest BCUT2D eigenvalue weighted by molar-refractivity contribution is -0.163. The van der Waals surface area contributed by atoms with Crippen LogP contribution in [0.25, 0.3) is 21.9 Å². The molecule has 2 heterocycles. The smallest absolute Gasteiger partial charge is 0.335 e. The van der Waals surface area contributed by atoms with Crippen LogP contribution in [-0.4, -0.2) is 96.2 Å². The molecule has 0 bridgehead atoms. The Morgan fingerprint density at radius 3 is 2.36 bits per heavy atom. The summed E-state index contributed by atoms with van der Waals surface area (Å²) < 4.78 is 2.14. The van der Waals surface area contributed by atoms with E-state index in [-0.39, 0.29) is 18.7 Å². The van der Waals surface area contributed by atoms with Crippen molar-refractivity contribution >= 4 is 45.9 Å². The van der Waals surface area contributed by atoms with Crippen LogP contribution in [0.5, 0.6) is 0 Å². The van der Waals surface area contributed by atoms with E-state index in [1.54, 1.807) is 7.05 Å². The Hall–Kier alpha value is -3.49. The number of aliphatic carboxylic acids is 1. The fourth-order valence-corrected chi connectivity index (χ4v) is 3.35. The lowest BCUT2D eigenvalue weighted by Gasteiger charge is -2.21. The van der Waals surface area contributed by atoms with Crippen molar-refractivity contribution in [3.05, 3.63) is 30.6 Å². The first-order chi connectivity index (χ1) is 17.0. The Bertz CT molecular complexity index is 1200. The minimum atomic E-state index is -2.25. The molecule has 3 rings (SSSR count). The van der Waals surface area contributed by atoms with Gasteiger partial charge in [0.25, 0.3) is 0 Å². The molecule has 0 fully saturated rings. The van der Waals surface area contributed by atoms with Gasteiger partial charge in [-0.1, -0.05) is 32.0 Å². The standard InChI is InChI=1S/C17H21N5O.C6H10O7/c1-11(2)9-22-10-19-15-16(22)12-6-4-5-7-13(12)20-17(15)21-14(23)8-18-3;7-1-2(8)3(9)4(10)5(11)6(12)13/h4-7,10-11,18H,8-9H2,1-3H3,(H,20,21,23);1-5,8-11H,(H,12,13)/t;2-,3+,4-,5-/m.0/s1. The number of aldehydes is 1. The van der Waals surface area contributed by atoms with Gasteiger partial charge in [0, 0.05) is 11.9 Å². The Labute approximate surface area is 206 Å². The highest BCUT2D eigenvalue weighted by Gasteiger charge is 2.34. The van der Waals surface area contributed by atoms with Crippen LogP contribution in [0.2, 0.25) is 0 Å². The van der Waals surface area contributed by atoms with Crippen LogP contribution >= 0.6 is 0 Å². The largest absolute Gasteiger partial charge is 0.479 e. The summed E-state index contributed by atoms with van der Waals surface area (Å²) in [6.07, 6.45) is -6.57. The molecule has 0 radical (unpaired) electrons. The number of rotatable bonds is 10. The molecule has 0 aliphatic heterocycles. The zero-order chi connectivity index (χ0) is 27.0. The van der Waals surface area contributed by atoms with Gasteiger partial charge in [-0.15, -0.1) is 0 Å². The SMILES string of the molecule is CNCC(=O)Nc1nc2ccccc2c2c1ncn2CC(C)C.O=C[C@H](O)[C@@H](O)[C@H](O)[C@H](O)C(=O)O. The number of benzene rings is 1. The third kappa shape index (κ3) is 7.02. The maximum Gasteiger partial charge on any atom is 0.335 e. The number of nitrogens with zero attached hydrogens (tertiary/aromatic N) is 3. The first-order valence-corrected chi connectivity index (χ1v) is 11.1. The summed E-state index contributed by atoms with van der Waals surface area (Å²) in [5, 5.41) is 49.9. The van der Waals surface area contributed by atoms with Gasteiger partial charge in [-0.2, -0.15) is 0 Å². The second kappa shape index (κ2) is 13.0. The number of hydrogen-bond donors (Lipinski definition) is 7. The number of anilines is 1. The number of carbonyl (C=O) groups is 3. The van der Waals surface area contributed by atoms with Gasteiger partial charge < -0.3 is 45.5 Å². The van der Waals surface area contributed by atoms with Crippen LogP contribution in [-0.2, 0) is 20.9 Å². The van der Waals surface area contributed by atoms with Crippen molar-refractivity contribution in [2.75, 3.05) is 18.9 Å². The highest BCUT2D eigenvalue weighted by molar-refractivity contribution is 6.09. The number of imidazole rings is 1. The Morgan fingerprint density at radius 2 is 1.78 bits per heavy atom. The molecule has 0 aliphatic carbocycles. The predicted molar refractivity (Wildman–Crippen MR) is 130 cm³/mol. The van der Waals surface area contributed by atoms with E-state index in [0.717, 1.165) is 28.5 Å². The minimum absolute atomic E-state index is 0.0809. The molecule has 196 valence electrons. The molecule has 13 nitrogen and oxygen atoms in total. The molecule has 1 amide bonds. The van der Waals surface area contributed by atoms with Crippen molar-refractivity contribution in [3.8, 4) is 0 Å². The number of carboxylic acid groups (broad SMARTS) is 1. The second-order valence-electron chi connectivity index (χ2n) is 8.43. The average Bonchev–Trinajstić information content (AvgIpc) is 3.26. The number of aliphatic hydroxyl groups is 4. The quantitative estimate of drug-likeness (QED) is 0.168. The highest BCUT2D eigenvalue weighted by atomic mass is 16.4. The Morgan fingerprint density at radius 1 is 1.11 bits per heavy atom. The molecule has 7 N–H and O–H groups in total. The van der Waals surface area contributed by atoms with Crippen LogP contribution < -0.4 is 10.6 Å². The van der Waals surface area contributed by atoms with E-state index in [4.69, 9.17) is 25.5 Å². The zero-order valence-electron chi connectivity index (χ0n) is 20.1. The number of amides is 1. The second-order valence-corrected chi connectivity index (χ2v) is 8.43. The number of carbonyl (C=O) groups excluding carboxylic acids is 2. The molecule has 36 heavy (non-hydrogen) atoms. The zero-order valence-corrected chi connectivity index (χ0v) is 20.1. The molecule has 0 spiro atoms. The average molecular weight is 506 g/mol. The summed E-state index contributed by atoms with van der Waals surface area (Å²) in [6.45, 7) is 5.45. The van der Waals surface area contributed by atoms with Gasteiger partial charge in [-0.3, -0.25) is 4.79 Å². The molecule has 0 unspecified atom stereocenters. The van der Waals surface area contributed by atoms with Crippen molar-refractivity contribution in [1.82, 2.24) is 19.9 Å². The van der Waals surface area contributed by atoms with E-state index in [0.29, 0.717) is 11.7 Å². The number of nitrogens with one attached hydrogen (secondary N) is 2. The summed E-state index contributed by atoms with van der Waals surface area (Å²) in [4.78, 5) is 41.0. The van der Waals surface area contributed by atoms with E-state index in [1.807, 2.05) is 30.6 Å². The molecule has 0 aliphatic rings. The topological polar surface area (TPSA) is 207 Å². The third-order valence-corrected chi connectivity index (χ3v) is 5.03. The lowest BCUT2D eigenvalue weighted by atomic mass is 10.0. The minimum Gasteiger partial charge on any atom is -0.479 e. The van der Waals surface area contributed by atoms with Gasteiger partial charge in [0.2, 0.25) is 5.91 Å². The number of aliphatic hydroxyl groups excluding tert-OH is 4. The first kappa shape index (κ1) is 28.7. The number of likely N-dealkylation sites (N-methyl/N-ethyl adjacent to an activating group) is 1. The van der Waals surface area contributed by atoms with Crippen LogP contribution in [0, 0.1) is 5.92 Å². The molecule has 4 atom stereocenters. The Balaban J connectivity index is 0.000000302. The number of pyridine rings is 1. The summed E-state index contributed by atoms with van der Waals surface area (Å²) >= 11 is 0. The van der Waals surface area contributed by atoms with Gasteiger partial charge in [0.05, 0.1) is 23.9 Å². The molecule has 2 aromatic heterocycles. The molecule has 3 aromatic rings. The number of fused-ring (bicyclic) bond motifs is 3. The van der Waals surface area contributed by atoms with E-state index in [1.165, 1.54) is 0 Å². The first-order valence-electron chi connectivity index (χ1n) is 11.1. The predicted octanol–water partition coefficient (Wildman–Crippen LogP) is -0.888. The molecule has 0 saturated carbocycles. The number of aromatic nitrogens is 3. The molecule has 13 heteroatoms. The summed E-state index contributed by atoms with van der Waals surface area (Å²) in [6, 6.07) is 7.94. The highest BCUT2D eigenvalue weighted by Crippen LogP contribution is 2.29. The fraction of sp³-hybridized carbons (Fsp3) is 0.435. The normalized spacial score (nSPS) is 14.6. The van der Waals surface area contributed by atoms with Crippen molar-refractivity contribution in [3.63, 3.8) is 0 Å². The van der Waals surface area contributed by atoms with Crippen LogP contribution in [0.3, 0.4) is 0 Å². The van der Waals surface area contributed by atoms with E-state index in [9.17, 15) is 14.4 Å². The van der Waals surface area contributed by atoms with Crippen molar-refractivity contribution in [2.45, 2.75) is 44.8 Å². The maximum atomic E-state index is 11.9. The molecule has 0 saturated heterocycles. The third-order valence-electron chi connectivity index (χ3n) is 5.03. The maximum absolute atomic E-state index is 11.9. The van der Waals surface area contributed by atoms with Crippen LogP contribution in [0.4, 0.5) is 5.82 Å². The fourth-order valence-electron chi connectivity index (χ4n) is 3.35. The van der Waals surface area contributed by atoms with Crippen molar-refractivity contribution < 1.29 is 39.9 Å². The Kier molecular flexibility index (Phi) is 10.4. The van der Waals surface area contributed by atoms with Gasteiger partial charge in [0.1, 0.15) is 23.8 Å². The summed E-state index contributed by atoms with van der Waals surface area (Å²) in [5.74, 6) is -0.872. The van der Waals surface area contributed by atoms with E-state index < -0.39 is 30.4 Å². The molecular formula is C23H31N5O8. The molecule has 1 aromatic carbocycles. The number of hydrogen-bond acceptors (Lipinski definition) is 10. The van der Waals surface area contributed by atoms with Gasteiger partial charge in [-0.05, 0) is 19.0 Å². The summed E-state index contributed by atoms with van der Waals surface area (Å²) in [5.41, 5.74) is 2.60. The van der Waals surface area contributed by atoms with Crippen molar-refractivity contribution in [1.29, 1.82) is 0 Å². The molecular weight excluding hydrogens is 474 g/mol. The lowest BCUT2D eigenvalue weighted by Crippen LogP contribution is -2.48. The van der Waals surface area contributed by atoms with Gasteiger partial charge >= 0.3 is 5.97 Å². The van der Waals surface area contributed by atoms with Crippen LogP contribution in [0.15, 0.2) is 30.6 Å². The number of para-hydroxylation sites is 1. The van der Waals surface area contributed by atoms with Gasteiger partial charge in [-0.25, -0.2) is 14.8 Å². The summed E-state index contributed by atoms with van der Waals surface area (Å²) in [7, 11) is 1.74.